The Morgan fingerprint density at radius 2 is 1.70 bits per heavy atom. The second-order valence-corrected chi connectivity index (χ2v) is 9.80. The topological polar surface area (TPSA) is 75.7 Å². The fraction of sp³-hybridized carbons (Fsp3) is 0.208. The van der Waals surface area contributed by atoms with Crippen LogP contribution in [0.3, 0.4) is 0 Å². The maximum atomic E-state index is 13.0. The van der Waals surface area contributed by atoms with Gasteiger partial charge >= 0.3 is 0 Å². The van der Waals surface area contributed by atoms with E-state index in [1.54, 1.807) is 41.3 Å². The number of sulfonamides is 1. The molecule has 1 saturated heterocycles. The minimum absolute atomic E-state index is 0.0306. The number of benzene rings is 3. The lowest BCUT2D eigenvalue weighted by Crippen LogP contribution is -2.42. The zero-order valence-corrected chi connectivity index (χ0v) is 19.2. The first-order valence-electron chi connectivity index (χ1n) is 10.3. The van der Waals surface area contributed by atoms with E-state index in [4.69, 9.17) is 16.3 Å². The molecule has 1 heterocycles. The van der Waals surface area contributed by atoms with E-state index in [0.717, 1.165) is 23.3 Å². The van der Waals surface area contributed by atoms with Crippen molar-refractivity contribution >= 4 is 33.2 Å². The standard InChI is InChI=1S/C24H22ClFN2O4S/c25-19-5-3-18(4-6-19)23-16-28(13-14-32-23)24(29)15-17-1-9-21(10-2-17)27-33(30,31)22-11-7-20(26)8-12-22/h1-12,23,27H,13-16H2. The molecule has 0 aromatic heterocycles. The highest BCUT2D eigenvalue weighted by Gasteiger charge is 2.25. The van der Waals surface area contributed by atoms with Crippen molar-refractivity contribution in [3.05, 3.63) is 94.8 Å². The molecule has 1 atom stereocenters. The Bertz CT molecular complexity index is 1220. The van der Waals surface area contributed by atoms with Gasteiger partial charge in [-0.3, -0.25) is 9.52 Å². The van der Waals surface area contributed by atoms with Crippen LogP contribution < -0.4 is 4.72 Å². The second-order valence-electron chi connectivity index (χ2n) is 7.68. The van der Waals surface area contributed by atoms with Gasteiger partial charge in [0.2, 0.25) is 5.91 Å². The molecule has 3 aromatic carbocycles. The molecule has 6 nitrogen and oxygen atoms in total. The fourth-order valence-corrected chi connectivity index (χ4v) is 4.74. The predicted octanol–water partition coefficient (Wildman–Crippen LogP) is 4.42. The van der Waals surface area contributed by atoms with Gasteiger partial charge in [0.15, 0.2) is 0 Å². The molecule has 172 valence electrons. The highest BCUT2D eigenvalue weighted by atomic mass is 35.5. The number of amides is 1. The van der Waals surface area contributed by atoms with Gasteiger partial charge in [0.05, 0.1) is 24.5 Å². The van der Waals surface area contributed by atoms with Crippen LogP contribution in [0.1, 0.15) is 17.2 Å². The molecule has 1 amide bonds. The summed E-state index contributed by atoms with van der Waals surface area (Å²) in [6.07, 6.45) is -0.0126. The predicted molar refractivity (Wildman–Crippen MR) is 124 cm³/mol. The number of halogens is 2. The van der Waals surface area contributed by atoms with Gasteiger partial charge in [-0.15, -0.1) is 0 Å². The van der Waals surface area contributed by atoms with Gasteiger partial charge in [-0.2, -0.15) is 0 Å². The molecule has 4 rings (SSSR count). The number of hydrogen-bond donors (Lipinski definition) is 1. The smallest absolute Gasteiger partial charge is 0.261 e. The van der Waals surface area contributed by atoms with Crippen LogP contribution in [0.4, 0.5) is 10.1 Å². The third-order valence-corrected chi connectivity index (χ3v) is 7.00. The first-order chi connectivity index (χ1) is 15.8. The normalized spacial score (nSPS) is 16.4. The monoisotopic (exact) mass is 488 g/mol. The summed E-state index contributed by atoms with van der Waals surface area (Å²) in [5.41, 5.74) is 2.08. The number of rotatable bonds is 6. The van der Waals surface area contributed by atoms with E-state index in [0.29, 0.717) is 30.4 Å². The number of carbonyl (C=O) groups excluding carboxylic acids is 1. The molecular formula is C24H22ClFN2O4S. The number of ether oxygens (including phenoxy) is 1. The van der Waals surface area contributed by atoms with Crippen LogP contribution in [-0.4, -0.2) is 38.9 Å². The maximum absolute atomic E-state index is 13.0. The molecule has 0 bridgehead atoms. The molecule has 0 spiro atoms. The highest BCUT2D eigenvalue weighted by molar-refractivity contribution is 7.92. The van der Waals surface area contributed by atoms with Gasteiger partial charge in [0.25, 0.3) is 10.0 Å². The largest absolute Gasteiger partial charge is 0.370 e. The number of nitrogens with zero attached hydrogens (tertiary/aromatic N) is 1. The van der Waals surface area contributed by atoms with E-state index in [-0.39, 0.29) is 23.3 Å². The van der Waals surface area contributed by atoms with Gasteiger partial charge in [0, 0.05) is 17.3 Å². The first kappa shape index (κ1) is 23.2. The molecular weight excluding hydrogens is 467 g/mol. The first-order valence-corrected chi connectivity index (χ1v) is 12.2. The molecule has 0 radical (unpaired) electrons. The molecule has 0 aliphatic carbocycles. The summed E-state index contributed by atoms with van der Waals surface area (Å²) < 4.78 is 46.2. The van der Waals surface area contributed by atoms with Crippen LogP contribution in [0.15, 0.2) is 77.7 Å². The minimum atomic E-state index is -3.83. The quantitative estimate of drug-likeness (QED) is 0.557. The van der Waals surface area contributed by atoms with Crippen LogP contribution >= 0.6 is 11.6 Å². The van der Waals surface area contributed by atoms with E-state index in [2.05, 4.69) is 4.72 Å². The third kappa shape index (κ3) is 5.90. The second kappa shape index (κ2) is 9.91. The summed E-state index contributed by atoms with van der Waals surface area (Å²) in [6.45, 7) is 1.41. The summed E-state index contributed by atoms with van der Waals surface area (Å²) in [5, 5.41) is 0.644. The molecule has 1 aliphatic heterocycles. The zero-order chi connectivity index (χ0) is 23.4. The van der Waals surface area contributed by atoms with Crippen molar-refractivity contribution in [3.8, 4) is 0 Å². The molecule has 33 heavy (non-hydrogen) atoms. The minimum Gasteiger partial charge on any atom is -0.370 e. The van der Waals surface area contributed by atoms with Crippen molar-refractivity contribution in [2.45, 2.75) is 17.4 Å². The summed E-state index contributed by atoms with van der Waals surface area (Å²) in [6, 6.07) is 18.6. The number of anilines is 1. The molecule has 1 unspecified atom stereocenters. The summed E-state index contributed by atoms with van der Waals surface area (Å²) >= 11 is 5.95. The molecule has 3 aromatic rings. The molecule has 9 heteroatoms. The van der Waals surface area contributed by atoms with E-state index in [1.165, 1.54) is 12.1 Å². The van der Waals surface area contributed by atoms with Crippen LogP contribution in [0.5, 0.6) is 0 Å². The Morgan fingerprint density at radius 1 is 1.03 bits per heavy atom. The Kier molecular flexibility index (Phi) is 6.97. The fourth-order valence-electron chi connectivity index (χ4n) is 3.56. The van der Waals surface area contributed by atoms with E-state index >= 15 is 0 Å². The Hall–Kier alpha value is -2.94. The van der Waals surface area contributed by atoms with Crippen LogP contribution in [0, 0.1) is 5.82 Å². The average Bonchev–Trinajstić information content (AvgIpc) is 2.81. The molecule has 0 saturated carbocycles. The maximum Gasteiger partial charge on any atom is 0.261 e. The van der Waals surface area contributed by atoms with Crippen LogP contribution in [-0.2, 0) is 26.0 Å². The van der Waals surface area contributed by atoms with Crippen molar-refractivity contribution in [2.24, 2.45) is 0 Å². The Balaban J connectivity index is 1.36. The SMILES string of the molecule is O=C(Cc1ccc(NS(=O)(=O)c2ccc(F)cc2)cc1)N1CCOC(c2ccc(Cl)cc2)C1. The average molecular weight is 489 g/mol. The van der Waals surface area contributed by atoms with Gasteiger partial charge in [-0.25, -0.2) is 12.8 Å². The lowest BCUT2D eigenvalue weighted by atomic mass is 10.1. The van der Waals surface area contributed by atoms with Crippen molar-refractivity contribution in [2.75, 3.05) is 24.4 Å². The van der Waals surface area contributed by atoms with Gasteiger partial charge in [-0.05, 0) is 59.7 Å². The number of morpholine rings is 1. The third-order valence-electron chi connectivity index (χ3n) is 5.35. The zero-order valence-electron chi connectivity index (χ0n) is 17.6. The van der Waals surface area contributed by atoms with Gasteiger partial charge in [-0.1, -0.05) is 35.9 Å². The highest BCUT2D eigenvalue weighted by Crippen LogP contribution is 2.24. The van der Waals surface area contributed by atoms with Gasteiger partial charge < -0.3 is 9.64 Å². The molecule has 1 aliphatic rings. The number of carbonyl (C=O) groups is 1. The summed E-state index contributed by atoms with van der Waals surface area (Å²) in [7, 11) is -3.83. The van der Waals surface area contributed by atoms with E-state index in [9.17, 15) is 17.6 Å². The van der Waals surface area contributed by atoms with Crippen LogP contribution in [0.25, 0.3) is 0 Å². The van der Waals surface area contributed by atoms with Crippen molar-refractivity contribution < 1.29 is 22.3 Å². The summed E-state index contributed by atoms with van der Waals surface area (Å²) in [5.74, 6) is -0.542. The lowest BCUT2D eigenvalue weighted by Gasteiger charge is -2.33. The van der Waals surface area contributed by atoms with Crippen molar-refractivity contribution in [1.82, 2.24) is 4.90 Å². The Labute approximate surface area is 197 Å². The Morgan fingerprint density at radius 3 is 2.36 bits per heavy atom. The van der Waals surface area contributed by atoms with E-state index in [1.807, 2.05) is 12.1 Å². The molecule has 1 fully saturated rings. The van der Waals surface area contributed by atoms with E-state index < -0.39 is 15.8 Å². The molecule has 1 N–H and O–H groups in total. The number of hydrogen-bond acceptors (Lipinski definition) is 4. The number of nitrogens with one attached hydrogen (secondary N) is 1. The van der Waals surface area contributed by atoms with Gasteiger partial charge in [0.1, 0.15) is 11.9 Å². The van der Waals surface area contributed by atoms with Crippen LogP contribution in [0.2, 0.25) is 5.02 Å². The lowest BCUT2D eigenvalue weighted by molar-refractivity contribution is -0.138. The van der Waals surface area contributed by atoms with Crippen molar-refractivity contribution in [1.29, 1.82) is 0 Å². The summed E-state index contributed by atoms with van der Waals surface area (Å²) in [4.78, 5) is 14.6. The van der Waals surface area contributed by atoms with Crippen molar-refractivity contribution in [3.63, 3.8) is 0 Å².